The van der Waals surface area contributed by atoms with Gasteiger partial charge in [-0.25, -0.2) is 4.99 Å². The molecule has 0 aliphatic carbocycles. The topological polar surface area (TPSA) is 53.1 Å². The zero-order valence-electron chi connectivity index (χ0n) is 14.5. The molecule has 0 saturated carbocycles. The third-order valence-corrected chi connectivity index (χ3v) is 4.87. The van der Waals surface area contributed by atoms with Gasteiger partial charge in [0.1, 0.15) is 5.84 Å². The van der Waals surface area contributed by atoms with Crippen molar-refractivity contribution < 1.29 is 0 Å². The van der Waals surface area contributed by atoms with Crippen LogP contribution in [0, 0.1) is 6.92 Å². The Hall–Kier alpha value is -3.40. The molecule has 0 bridgehead atoms. The molecule has 3 heterocycles. The van der Waals surface area contributed by atoms with E-state index in [2.05, 4.69) is 57.7 Å². The van der Waals surface area contributed by atoms with Crippen LogP contribution in [-0.2, 0) is 6.42 Å². The van der Waals surface area contributed by atoms with Crippen molar-refractivity contribution in [3.8, 4) is 11.3 Å². The largest absolute Gasteiger partial charge is 0.354 e. The van der Waals surface area contributed by atoms with Gasteiger partial charge in [0.2, 0.25) is 0 Å². The highest BCUT2D eigenvalue weighted by atomic mass is 15.0. The highest BCUT2D eigenvalue weighted by molar-refractivity contribution is 6.06. The summed E-state index contributed by atoms with van der Waals surface area (Å²) < 4.78 is 0. The number of nitrogens with zero attached hydrogens (tertiary/aromatic N) is 2. The van der Waals surface area contributed by atoms with Crippen molar-refractivity contribution in [2.75, 3.05) is 5.32 Å². The SMILES string of the molecule is Cc1ncccc1NC1=Nc2ccccc2-c2[nH]c3ccccc3c2C1. The first-order chi connectivity index (χ1) is 12.8. The third-order valence-electron chi connectivity index (χ3n) is 4.87. The number of aromatic amines is 1. The minimum absolute atomic E-state index is 0.738. The van der Waals surface area contributed by atoms with Crippen LogP contribution < -0.4 is 5.32 Å². The van der Waals surface area contributed by atoms with Gasteiger partial charge in [-0.3, -0.25) is 4.98 Å². The molecule has 4 nitrogen and oxygen atoms in total. The lowest BCUT2D eigenvalue weighted by atomic mass is 10.0. The second kappa shape index (κ2) is 5.85. The molecule has 0 radical (unpaired) electrons. The van der Waals surface area contributed by atoms with E-state index < -0.39 is 0 Å². The Balaban J connectivity index is 1.70. The molecular weight excluding hydrogens is 320 g/mol. The number of pyridine rings is 1. The fraction of sp³-hybridized carbons (Fsp3) is 0.0909. The summed E-state index contributed by atoms with van der Waals surface area (Å²) in [6.45, 7) is 2.00. The number of fused-ring (bicyclic) bond motifs is 5. The van der Waals surface area contributed by atoms with Gasteiger partial charge in [-0.05, 0) is 36.8 Å². The fourth-order valence-corrected chi connectivity index (χ4v) is 3.59. The lowest BCUT2D eigenvalue weighted by Gasteiger charge is -2.10. The average molecular weight is 338 g/mol. The number of aromatic nitrogens is 2. The van der Waals surface area contributed by atoms with Gasteiger partial charge >= 0.3 is 0 Å². The molecule has 5 rings (SSSR count). The van der Waals surface area contributed by atoms with Crippen LogP contribution in [0.5, 0.6) is 0 Å². The van der Waals surface area contributed by atoms with Crippen LogP contribution in [0.25, 0.3) is 22.2 Å². The number of H-pyrrole nitrogens is 1. The summed E-state index contributed by atoms with van der Waals surface area (Å²) in [7, 11) is 0. The van der Waals surface area contributed by atoms with E-state index in [1.54, 1.807) is 0 Å². The number of amidine groups is 1. The number of rotatable bonds is 1. The molecule has 0 amide bonds. The number of aryl methyl sites for hydroxylation is 1. The van der Waals surface area contributed by atoms with Gasteiger partial charge in [-0.1, -0.05) is 36.4 Å². The standard InChI is InChI=1S/C22H18N4/c1-14-18(11-6-12-23-14)24-21-13-17-15-7-2-4-9-19(15)26-22(17)16-8-3-5-10-20(16)25-21/h2-12,26H,13H2,1H3,(H,24,25). The maximum Gasteiger partial charge on any atom is 0.111 e. The minimum Gasteiger partial charge on any atom is -0.354 e. The van der Waals surface area contributed by atoms with Crippen molar-refractivity contribution in [3.05, 3.63) is 78.1 Å². The summed E-state index contributed by atoms with van der Waals surface area (Å²) in [6, 6.07) is 20.7. The Kier molecular flexibility index (Phi) is 3.35. The van der Waals surface area contributed by atoms with Crippen molar-refractivity contribution in [1.82, 2.24) is 9.97 Å². The predicted molar refractivity (Wildman–Crippen MR) is 107 cm³/mol. The first-order valence-electron chi connectivity index (χ1n) is 8.75. The minimum atomic E-state index is 0.738. The highest BCUT2D eigenvalue weighted by Crippen LogP contribution is 2.38. The summed E-state index contributed by atoms with van der Waals surface area (Å²) >= 11 is 0. The number of hydrogen-bond acceptors (Lipinski definition) is 3. The molecule has 0 saturated heterocycles. The number of aliphatic imine (C=N–C) groups is 1. The van der Waals surface area contributed by atoms with Gasteiger partial charge in [-0.15, -0.1) is 0 Å². The maximum absolute atomic E-state index is 4.93. The van der Waals surface area contributed by atoms with E-state index in [4.69, 9.17) is 4.99 Å². The van der Waals surface area contributed by atoms with Crippen molar-refractivity contribution in [2.24, 2.45) is 4.99 Å². The van der Waals surface area contributed by atoms with Crippen molar-refractivity contribution in [2.45, 2.75) is 13.3 Å². The molecule has 4 heteroatoms. The van der Waals surface area contributed by atoms with Crippen LogP contribution in [-0.4, -0.2) is 15.8 Å². The Bertz CT molecular complexity index is 1150. The summed E-state index contributed by atoms with van der Waals surface area (Å²) in [5, 5.41) is 4.75. The van der Waals surface area contributed by atoms with E-state index in [9.17, 15) is 0 Å². The Morgan fingerprint density at radius 1 is 0.962 bits per heavy atom. The normalized spacial score (nSPS) is 12.9. The van der Waals surface area contributed by atoms with Crippen LogP contribution in [0.1, 0.15) is 11.3 Å². The molecule has 2 N–H and O–H groups in total. The molecule has 1 aliphatic heterocycles. The van der Waals surface area contributed by atoms with Crippen LogP contribution in [0.2, 0.25) is 0 Å². The van der Waals surface area contributed by atoms with Gasteiger partial charge in [0, 0.05) is 29.1 Å². The second-order valence-corrected chi connectivity index (χ2v) is 6.54. The third kappa shape index (κ3) is 2.39. The van der Waals surface area contributed by atoms with E-state index in [-0.39, 0.29) is 0 Å². The molecular formula is C22H18N4. The van der Waals surface area contributed by atoms with E-state index in [1.807, 2.05) is 31.3 Å². The molecule has 4 aromatic rings. The fourth-order valence-electron chi connectivity index (χ4n) is 3.59. The number of benzene rings is 2. The Morgan fingerprint density at radius 3 is 2.73 bits per heavy atom. The summed E-state index contributed by atoms with van der Waals surface area (Å²) in [6.07, 6.45) is 2.55. The lowest BCUT2D eigenvalue weighted by molar-refractivity contribution is 1.20. The number of anilines is 1. The zero-order chi connectivity index (χ0) is 17.5. The van der Waals surface area contributed by atoms with E-state index in [0.29, 0.717) is 0 Å². The number of nitrogens with one attached hydrogen (secondary N) is 2. The van der Waals surface area contributed by atoms with Gasteiger partial charge < -0.3 is 10.3 Å². The summed E-state index contributed by atoms with van der Waals surface area (Å²) in [5.41, 5.74) is 7.66. The molecule has 0 atom stereocenters. The smallest absolute Gasteiger partial charge is 0.111 e. The molecule has 26 heavy (non-hydrogen) atoms. The van der Waals surface area contributed by atoms with Crippen molar-refractivity contribution >= 4 is 28.1 Å². The maximum atomic E-state index is 4.93. The van der Waals surface area contributed by atoms with Crippen LogP contribution in [0.15, 0.2) is 71.9 Å². The molecule has 0 spiro atoms. The molecule has 2 aromatic heterocycles. The van der Waals surface area contributed by atoms with Gasteiger partial charge in [-0.2, -0.15) is 0 Å². The quantitative estimate of drug-likeness (QED) is 0.499. The van der Waals surface area contributed by atoms with E-state index >= 15 is 0 Å². The van der Waals surface area contributed by atoms with Crippen LogP contribution in [0.3, 0.4) is 0 Å². The van der Waals surface area contributed by atoms with Crippen LogP contribution in [0.4, 0.5) is 11.4 Å². The molecule has 2 aromatic carbocycles. The first kappa shape index (κ1) is 14.9. The molecule has 1 aliphatic rings. The summed E-state index contributed by atoms with van der Waals surface area (Å²) in [5.74, 6) is 0.928. The Morgan fingerprint density at radius 2 is 1.81 bits per heavy atom. The van der Waals surface area contributed by atoms with Crippen molar-refractivity contribution in [1.29, 1.82) is 0 Å². The lowest BCUT2D eigenvalue weighted by Crippen LogP contribution is -2.15. The molecule has 0 fully saturated rings. The van der Waals surface area contributed by atoms with Gasteiger partial charge in [0.15, 0.2) is 0 Å². The molecule has 126 valence electrons. The zero-order valence-corrected chi connectivity index (χ0v) is 14.5. The molecule has 0 unspecified atom stereocenters. The Labute approximate surface area is 151 Å². The first-order valence-corrected chi connectivity index (χ1v) is 8.75. The second-order valence-electron chi connectivity index (χ2n) is 6.54. The average Bonchev–Trinajstić information content (AvgIpc) is 2.95. The monoisotopic (exact) mass is 338 g/mol. The number of hydrogen-bond donors (Lipinski definition) is 2. The number of para-hydroxylation sites is 2. The predicted octanol–water partition coefficient (Wildman–Crippen LogP) is 5.24. The highest BCUT2D eigenvalue weighted by Gasteiger charge is 2.21. The van der Waals surface area contributed by atoms with Crippen LogP contribution >= 0.6 is 0 Å². The van der Waals surface area contributed by atoms with Crippen molar-refractivity contribution in [3.63, 3.8) is 0 Å². The van der Waals surface area contributed by atoms with Gasteiger partial charge in [0.05, 0.1) is 22.8 Å². The van der Waals surface area contributed by atoms with E-state index in [1.165, 1.54) is 10.9 Å². The van der Waals surface area contributed by atoms with E-state index in [0.717, 1.165) is 46.1 Å². The van der Waals surface area contributed by atoms with Gasteiger partial charge in [0.25, 0.3) is 0 Å². The summed E-state index contributed by atoms with van der Waals surface area (Å²) in [4.78, 5) is 12.9.